The number of hydrogen-bond donors (Lipinski definition) is 1. The minimum atomic E-state index is -0.342. The summed E-state index contributed by atoms with van der Waals surface area (Å²) in [5.41, 5.74) is 1.48. The minimum Gasteiger partial charge on any atom is -0.344 e. The van der Waals surface area contributed by atoms with Gasteiger partial charge in [0.25, 0.3) is 0 Å². The third-order valence-corrected chi connectivity index (χ3v) is 4.80. The van der Waals surface area contributed by atoms with Crippen LogP contribution in [0.25, 0.3) is 0 Å². The Morgan fingerprint density at radius 3 is 2.81 bits per heavy atom. The molecule has 0 saturated carbocycles. The van der Waals surface area contributed by atoms with Gasteiger partial charge in [0, 0.05) is 19.5 Å². The maximum Gasteiger partial charge on any atom is 0.245 e. The molecule has 0 spiro atoms. The van der Waals surface area contributed by atoms with E-state index in [0.717, 1.165) is 19.4 Å². The quantitative estimate of drug-likeness (QED) is 0.792. The predicted octanol–water partition coefficient (Wildman–Crippen LogP) is 2.64. The molecule has 1 aliphatic heterocycles. The molecule has 1 fully saturated rings. The average molecular weight is 292 g/mol. The molecule has 0 aromatic heterocycles. The van der Waals surface area contributed by atoms with Crippen molar-refractivity contribution in [2.75, 3.05) is 13.1 Å². The van der Waals surface area contributed by atoms with E-state index < -0.39 is 0 Å². The molecule has 21 heavy (non-hydrogen) atoms. The third-order valence-electron chi connectivity index (χ3n) is 4.80. The molecule has 2 unspecified atom stereocenters. The molecule has 2 amide bonds. The molecule has 2 rings (SSSR count). The van der Waals surface area contributed by atoms with E-state index in [9.17, 15) is 9.59 Å². The number of hydrogen-bond acceptors (Lipinski definition) is 2. The predicted molar refractivity (Wildman–Crippen MR) is 83.8 cm³/mol. The van der Waals surface area contributed by atoms with Crippen molar-refractivity contribution in [2.45, 2.75) is 64.8 Å². The lowest BCUT2D eigenvalue weighted by Crippen LogP contribution is -2.48. The standard InChI is InChI=1S/C17H28N2O2/c1-3-13(2)16-17(21)19(12-10-15(20)18-16)11-9-14-7-5-4-6-8-14/h7,13,16H,3-6,8-12H2,1-2H3,(H,18,20). The van der Waals surface area contributed by atoms with Crippen LogP contribution in [0.1, 0.15) is 58.8 Å². The number of allylic oxidation sites excluding steroid dienone is 1. The van der Waals surface area contributed by atoms with Crippen molar-refractivity contribution in [1.29, 1.82) is 0 Å². The fourth-order valence-electron chi connectivity index (χ4n) is 3.10. The monoisotopic (exact) mass is 292 g/mol. The van der Waals surface area contributed by atoms with E-state index in [1.807, 2.05) is 11.8 Å². The smallest absolute Gasteiger partial charge is 0.245 e. The van der Waals surface area contributed by atoms with Gasteiger partial charge in [-0.25, -0.2) is 0 Å². The van der Waals surface area contributed by atoms with Crippen molar-refractivity contribution in [3.8, 4) is 0 Å². The van der Waals surface area contributed by atoms with Crippen molar-refractivity contribution in [3.05, 3.63) is 11.6 Å². The van der Waals surface area contributed by atoms with Gasteiger partial charge in [-0.2, -0.15) is 0 Å². The SMILES string of the molecule is CCC(C)C1NC(=O)CCN(CCC2=CCCCC2)C1=O. The fraction of sp³-hybridized carbons (Fsp3) is 0.765. The number of amides is 2. The van der Waals surface area contributed by atoms with Crippen LogP contribution in [0.2, 0.25) is 0 Å². The van der Waals surface area contributed by atoms with E-state index in [2.05, 4.69) is 18.3 Å². The van der Waals surface area contributed by atoms with Gasteiger partial charge in [0.15, 0.2) is 0 Å². The Kier molecular flexibility index (Phi) is 5.83. The minimum absolute atomic E-state index is 0.00744. The number of carbonyl (C=O) groups is 2. The summed E-state index contributed by atoms with van der Waals surface area (Å²) in [7, 11) is 0. The first-order chi connectivity index (χ1) is 10.1. The summed E-state index contributed by atoms with van der Waals surface area (Å²) in [4.78, 5) is 26.4. The zero-order valence-electron chi connectivity index (χ0n) is 13.4. The lowest BCUT2D eigenvalue weighted by atomic mass is 9.96. The van der Waals surface area contributed by atoms with E-state index in [1.165, 1.54) is 31.3 Å². The molecule has 4 nitrogen and oxygen atoms in total. The largest absolute Gasteiger partial charge is 0.344 e. The Bertz CT molecular complexity index is 417. The number of nitrogens with zero attached hydrogens (tertiary/aromatic N) is 1. The molecule has 4 heteroatoms. The van der Waals surface area contributed by atoms with Gasteiger partial charge >= 0.3 is 0 Å². The molecule has 0 bridgehead atoms. The van der Waals surface area contributed by atoms with Gasteiger partial charge in [-0.15, -0.1) is 0 Å². The van der Waals surface area contributed by atoms with Crippen LogP contribution in [0.3, 0.4) is 0 Å². The van der Waals surface area contributed by atoms with Crippen molar-refractivity contribution in [2.24, 2.45) is 5.92 Å². The molecule has 0 radical (unpaired) electrons. The van der Waals surface area contributed by atoms with Gasteiger partial charge in [-0.1, -0.05) is 31.9 Å². The van der Waals surface area contributed by atoms with Gasteiger partial charge < -0.3 is 10.2 Å². The molecule has 1 N–H and O–H groups in total. The molecule has 1 saturated heterocycles. The van der Waals surface area contributed by atoms with Gasteiger partial charge in [0.05, 0.1) is 0 Å². The van der Waals surface area contributed by atoms with E-state index in [4.69, 9.17) is 0 Å². The van der Waals surface area contributed by atoms with Crippen LogP contribution >= 0.6 is 0 Å². The fourth-order valence-corrected chi connectivity index (χ4v) is 3.10. The van der Waals surface area contributed by atoms with Crippen LogP contribution in [0.5, 0.6) is 0 Å². The molecule has 0 aromatic carbocycles. The topological polar surface area (TPSA) is 49.4 Å². The summed E-state index contributed by atoms with van der Waals surface area (Å²) in [6.07, 6.45) is 9.55. The molecule has 2 aliphatic rings. The van der Waals surface area contributed by atoms with Crippen LogP contribution in [-0.2, 0) is 9.59 Å². The van der Waals surface area contributed by atoms with Crippen LogP contribution in [0.4, 0.5) is 0 Å². The first-order valence-corrected chi connectivity index (χ1v) is 8.38. The molecular formula is C17H28N2O2. The van der Waals surface area contributed by atoms with Crippen molar-refractivity contribution >= 4 is 11.8 Å². The molecule has 0 aromatic rings. The van der Waals surface area contributed by atoms with Crippen molar-refractivity contribution < 1.29 is 9.59 Å². The van der Waals surface area contributed by atoms with Gasteiger partial charge in [-0.05, 0) is 38.0 Å². The van der Waals surface area contributed by atoms with Crippen LogP contribution in [0.15, 0.2) is 11.6 Å². The average Bonchev–Trinajstić information content (AvgIpc) is 2.65. The Morgan fingerprint density at radius 1 is 1.33 bits per heavy atom. The second-order valence-electron chi connectivity index (χ2n) is 6.36. The highest BCUT2D eigenvalue weighted by Gasteiger charge is 2.32. The lowest BCUT2D eigenvalue weighted by Gasteiger charge is -2.27. The lowest BCUT2D eigenvalue weighted by molar-refractivity contribution is -0.134. The summed E-state index contributed by atoms with van der Waals surface area (Å²) in [6, 6.07) is -0.342. The molecule has 2 atom stereocenters. The van der Waals surface area contributed by atoms with Crippen molar-refractivity contribution in [1.82, 2.24) is 10.2 Å². The summed E-state index contributed by atoms with van der Waals surface area (Å²) >= 11 is 0. The Morgan fingerprint density at radius 2 is 2.14 bits per heavy atom. The van der Waals surface area contributed by atoms with E-state index in [0.29, 0.717) is 13.0 Å². The number of carbonyl (C=O) groups excluding carboxylic acids is 2. The summed E-state index contributed by atoms with van der Waals surface area (Å²) in [5.74, 6) is 0.301. The van der Waals surface area contributed by atoms with Crippen molar-refractivity contribution in [3.63, 3.8) is 0 Å². The second-order valence-corrected chi connectivity index (χ2v) is 6.36. The Balaban J connectivity index is 1.98. The van der Waals surface area contributed by atoms with Crippen LogP contribution in [0, 0.1) is 5.92 Å². The van der Waals surface area contributed by atoms with Crippen LogP contribution < -0.4 is 5.32 Å². The molecule has 1 aliphatic carbocycles. The third kappa shape index (κ3) is 4.32. The highest BCUT2D eigenvalue weighted by Crippen LogP contribution is 2.21. The molecular weight excluding hydrogens is 264 g/mol. The highest BCUT2D eigenvalue weighted by atomic mass is 16.2. The maximum atomic E-state index is 12.7. The second kappa shape index (κ2) is 7.62. The number of nitrogens with one attached hydrogen (secondary N) is 1. The van der Waals surface area contributed by atoms with E-state index >= 15 is 0 Å². The van der Waals surface area contributed by atoms with E-state index in [-0.39, 0.29) is 23.8 Å². The summed E-state index contributed by atoms with van der Waals surface area (Å²) in [6.45, 7) is 5.42. The maximum absolute atomic E-state index is 12.7. The van der Waals surface area contributed by atoms with Gasteiger partial charge in [0.1, 0.15) is 6.04 Å². The summed E-state index contributed by atoms with van der Waals surface area (Å²) in [5, 5.41) is 2.90. The Hall–Kier alpha value is -1.32. The zero-order valence-corrected chi connectivity index (χ0v) is 13.4. The summed E-state index contributed by atoms with van der Waals surface area (Å²) < 4.78 is 0. The number of rotatable bonds is 5. The highest BCUT2D eigenvalue weighted by molar-refractivity contribution is 5.90. The molecule has 118 valence electrons. The normalized spacial score (nSPS) is 25.1. The zero-order chi connectivity index (χ0) is 15.2. The first kappa shape index (κ1) is 16.1. The van der Waals surface area contributed by atoms with Gasteiger partial charge in [-0.3, -0.25) is 9.59 Å². The van der Waals surface area contributed by atoms with E-state index in [1.54, 1.807) is 0 Å². The van der Waals surface area contributed by atoms with Gasteiger partial charge in [0.2, 0.25) is 11.8 Å². The van der Waals surface area contributed by atoms with Crippen LogP contribution in [-0.4, -0.2) is 35.8 Å². The first-order valence-electron chi connectivity index (χ1n) is 8.38. The Labute approximate surface area is 128 Å². The molecule has 1 heterocycles.